The fourth-order valence-electron chi connectivity index (χ4n) is 6.17. The van der Waals surface area contributed by atoms with E-state index in [9.17, 15) is 4.79 Å². The van der Waals surface area contributed by atoms with E-state index in [1.54, 1.807) is 0 Å². The summed E-state index contributed by atoms with van der Waals surface area (Å²) >= 11 is 7.10. The van der Waals surface area contributed by atoms with Gasteiger partial charge in [0.05, 0.1) is 12.2 Å². The normalized spacial score (nSPS) is 33.3. The second kappa shape index (κ2) is 7.21. The predicted molar refractivity (Wildman–Crippen MR) is 113 cm³/mol. The molecule has 0 radical (unpaired) electrons. The molecule has 2 N–H and O–H groups in total. The van der Waals surface area contributed by atoms with Crippen molar-refractivity contribution in [2.75, 3.05) is 11.9 Å². The highest BCUT2D eigenvalue weighted by atomic mass is 79.9. The number of halogens is 2. The monoisotopic (exact) mass is 482 g/mol. The van der Waals surface area contributed by atoms with Gasteiger partial charge in [0.15, 0.2) is 0 Å². The molecule has 4 aliphatic carbocycles. The van der Waals surface area contributed by atoms with Gasteiger partial charge in [-0.2, -0.15) is 0 Å². The maximum atomic E-state index is 12.5. The van der Waals surface area contributed by atoms with Gasteiger partial charge in [-0.3, -0.25) is 4.79 Å². The Morgan fingerprint density at radius 3 is 2.12 bits per heavy atom. The van der Waals surface area contributed by atoms with Crippen LogP contribution in [0.3, 0.4) is 0 Å². The van der Waals surface area contributed by atoms with Crippen molar-refractivity contribution in [1.29, 1.82) is 0 Å². The maximum absolute atomic E-state index is 12.5. The largest absolute Gasteiger partial charge is 0.323 e. The average Bonchev–Trinajstić information content (AvgIpc) is 2.54. The number of rotatable bonds is 5. The van der Waals surface area contributed by atoms with E-state index in [0.29, 0.717) is 18.0 Å². The first kappa shape index (κ1) is 18.9. The summed E-state index contributed by atoms with van der Waals surface area (Å²) in [6.45, 7) is 4.71. The third-order valence-electron chi connectivity index (χ3n) is 7.02. The van der Waals surface area contributed by atoms with E-state index in [1.165, 1.54) is 38.5 Å². The lowest BCUT2D eigenvalue weighted by Gasteiger charge is -2.59. The van der Waals surface area contributed by atoms with Crippen molar-refractivity contribution in [3.05, 3.63) is 26.6 Å². The van der Waals surface area contributed by atoms with E-state index in [0.717, 1.165) is 37.9 Å². The number of carbonyl (C=O) groups is 1. The Morgan fingerprint density at radius 1 is 1.12 bits per heavy atom. The molecule has 0 heterocycles. The number of benzene rings is 1. The van der Waals surface area contributed by atoms with E-state index in [4.69, 9.17) is 0 Å². The lowest BCUT2D eigenvalue weighted by atomic mass is 9.48. The zero-order chi connectivity index (χ0) is 18.5. The summed E-state index contributed by atoms with van der Waals surface area (Å²) in [7, 11) is 0. The van der Waals surface area contributed by atoms with E-state index in [-0.39, 0.29) is 5.91 Å². The van der Waals surface area contributed by atoms with Gasteiger partial charge in [0, 0.05) is 15.0 Å². The van der Waals surface area contributed by atoms with E-state index in [2.05, 4.69) is 49.4 Å². The molecule has 0 saturated heterocycles. The van der Waals surface area contributed by atoms with Crippen LogP contribution in [0.15, 0.2) is 21.1 Å². The summed E-state index contributed by atoms with van der Waals surface area (Å²) in [4.78, 5) is 12.5. The summed E-state index contributed by atoms with van der Waals surface area (Å²) in [5.41, 5.74) is 2.39. The van der Waals surface area contributed by atoms with Crippen LogP contribution in [0.5, 0.6) is 0 Å². The van der Waals surface area contributed by atoms with E-state index < -0.39 is 0 Å². The molecule has 1 aromatic rings. The Balaban J connectivity index is 1.36. The molecule has 0 aromatic heterocycles. The zero-order valence-electron chi connectivity index (χ0n) is 15.6. The molecule has 4 saturated carbocycles. The standard InChI is InChI=1S/C21H28Br2N2O/c1-12-3-17(22)20(18(23)4-12)25-19(26)11-24-13(2)21-8-14-5-15(9-21)7-16(6-14)10-21/h3-4,13-16,24H,5-11H2,1-2H3,(H,25,26)/t13-,14?,15?,16?,21?/m1/s1. The number of hydrogen-bond donors (Lipinski definition) is 2. The molecule has 4 aliphatic rings. The van der Waals surface area contributed by atoms with Crippen molar-refractivity contribution in [3.8, 4) is 0 Å². The summed E-state index contributed by atoms with van der Waals surface area (Å²) in [5.74, 6) is 2.85. The Kier molecular flexibility index (Phi) is 5.26. The second-order valence-corrected chi connectivity index (χ2v) is 10.7. The first-order valence-corrected chi connectivity index (χ1v) is 11.4. The highest BCUT2D eigenvalue weighted by molar-refractivity contribution is 9.11. The molecule has 1 aromatic carbocycles. The van der Waals surface area contributed by atoms with Crippen LogP contribution in [0.2, 0.25) is 0 Å². The Hall–Kier alpha value is -0.390. The summed E-state index contributed by atoms with van der Waals surface area (Å²) < 4.78 is 1.82. The summed E-state index contributed by atoms with van der Waals surface area (Å²) in [6, 6.07) is 4.45. The van der Waals surface area contributed by atoms with Crippen LogP contribution in [0.25, 0.3) is 0 Å². The minimum absolute atomic E-state index is 0.0202. The fourth-order valence-corrected chi connectivity index (χ4v) is 7.79. The molecule has 5 heteroatoms. The molecule has 142 valence electrons. The minimum atomic E-state index is 0.0202. The van der Waals surface area contributed by atoms with Crippen molar-refractivity contribution >= 4 is 43.5 Å². The first-order chi connectivity index (χ1) is 12.3. The van der Waals surface area contributed by atoms with Crippen LogP contribution in [0.1, 0.15) is 51.0 Å². The molecule has 5 rings (SSSR count). The molecule has 26 heavy (non-hydrogen) atoms. The molecular weight excluding hydrogens is 456 g/mol. The predicted octanol–water partition coefficient (Wildman–Crippen LogP) is 5.65. The SMILES string of the molecule is Cc1cc(Br)c(NC(=O)CN[C@H](C)C23CC4CC(CC(C4)C2)C3)c(Br)c1. The number of carbonyl (C=O) groups excluding carboxylic acids is 1. The molecule has 3 nitrogen and oxygen atoms in total. The van der Waals surface area contributed by atoms with Crippen molar-refractivity contribution in [3.63, 3.8) is 0 Å². The third-order valence-corrected chi connectivity index (χ3v) is 8.27. The molecule has 0 aliphatic heterocycles. The third kappa shape index (κ3) is 3.64. The van der Waals surface area contributed by atoms with Gasteiger partial charge in [-0.15, -0.1) is 0 Å². The highest BCUT2D eigenvalue weighted by Crippen LogP contribution is 2.61. The van der Waals surface area contributed by atoms with Gasteiger partial charge >= 0.3 is 0 Å². The Bertz CT molecular complexity index is 660. The quantitative estimate of drug-likeness (QED) is 0.567. The Labute approximate surface area is 173 Å². The van der Waals surface area contributed by atoms with Gasteiger partial charge in [-0.25, -0.2) is 0 Å². The number of aryl methyl sites for hydroxylation is 1. The molecule has 1 amide bonds. The van der Waals surface area contributed by atoms with Gasteiger partial charge < -0.3 is 10.6 Å². The molecule has 0 unspecified atom stereocenters. The highest BCUT2D eigenvalue weighted by Gasteiger charge is 2.52. The van der Waals surface area contributed by atoms with Crippen LogP contribution in [0, 0.1) is 30.1 Å². The van der Waals surface area contributed by atoms with Gasteiger partial charge in [-0.1, -0.05) is 0 Å². The average molecular weight is 484 g/mol. The van der Waals surface area contributed by atoms with Crippen molar-refractivity contribution in [2.45, 2.75) is 58.4 Å². The Morgan fingerprint density at radius 2 is 1.62 bits per heavy atom. The van der Waals surface area contributed by atoms with Crippen LogP contribution in [-0.4, -0.2) is 18.5 Å². The second-order valence-electron chi connectivity index (χ2n) is 9.03. The van der Waals surface area contributed by atoms with Gasteiger partial charge in [0.1, 0.15) is 0 Å². The number of anilines is 1. The van der Waals surface area contributed by atoms with Crippen LogP contribution in [-0.2, 0) is 4.79 Å². The molecule has 4 bridgehead atoms. The smallest absolute Gasteiger partial charge is 0.238 e. The van der Waals surface area contributed by atoms with E-state index in [1.807, 2.05) is 19.1 Å². The fraction of sp³-hybridized carbons (Fsp3) is 0.667. The zero-order valence-corrected chi connectivity index (χ0v) is 18.8. The lowest BCUT2D eigenvalue weighted by Crippen LogP contribution is -2.55. The molecule has 4 fully saturated rings. The summed E-state index contributed by atoms with van der Waals surface area (Å²) in [5, 5.41) is 6.61. The number of hydrogen-bond acceptors (Lipinski definition) is 2. The number of amides is 1. The van der Waals surface area contributed by atoms with Crippen LogP contribution < -0.4 is 10.6 Å². The maximum Gasteiger partial charge on any atom is 0.238 e. The lowest BCUT2D eigenvalue weighted by molar-refractivity contribution is -0.116. The van der Waals surface area contributed by atoms with Crippen LogP contribution >= 0.6 is 31.9 Å². The minimum Gasteiger partial charge on any atom is -0.323 e. The van der Waals surface area contributed by atoms with Crippen molar-refractivity contribution in [2.24, 2.45) is 23.2 Å². The van der Waals surface area contributed by atoms with E-state index >= 15 is 0 Å². The van der Waals surface area contributed by atoms with Crippen LogP contribution in [0.4, 0.5) is 5.69 Å². The molecular formula is C21H28Br2N2O. The van der Waals surface area contributed by atoms with Crippen molar-refractivity contribution < 1.29 is 4.79 Å². The summed E-state index contributed by atoms with van der Waals surface area (Å²) in [6.07, 6.45) is 8.48. The van der Waals surface area contributed by atoms with Crippen molar-refractivity contribution in [1.82, 2.24) is 5.32 Å². The van der Waals surface area contributed by atoms with Gasteiger partial charge in [0.2, 0.25) is 5.91 Å². The first-order valence-electron chi connectivity index (χ1n) is 9.83. The van der Waals surface area contributed by atoms with Gasteiger partial charge in [-0.05, 0) is 125 Å². The topological polar surface area (TPSA) is 41.1 Å². The number of nitrogens with one attached hydrogen (secondary N) is 2. The van der Waals surface area contributed by atoms with Gasteiger partial charge in [0.25, 0.3) is 0 Å². The molecule has 1 atom stereocenters. The molecule has 0 spiro atoms.